The van der Waals surface area contributed by atoms with Crippen LogP contribution < -0.4 is 15.4 Å². The van der Waals surface area contributed by atoms with E-state index in [1.165, 1.54) is 44.5 Å². The minimum absolute atomic E-state index is 0.0912. The first-order chi connectivity index (χ1) is 16.7. The molecule has 0 unspecified atom stereocenters. The van der Waals surface area contributed by atoms with Crippen LogP contribution in [0.15, 0.2) is 82.7 Å². The van der Waals surface area contributed by atoms with E-state index in [1.54, 1.807) is 47.0 Å². The molecule has 0 saturated carbocycles. The highest BCUT2D eigenvalue weighted by molar-refractivity contribution is 7.91. The van der Waals surface area contributed by atoms with Gasteiger partial charge in [0.1, 0.15) is 12.3 Å². The maximum atomic E-state index is 13.4. The van der Waals surface area contributed by atoms with Crippen LogP contribution in [-0.2, 0) is 26.0 Å². The van der Waals surface area contributed by atoms with Crippen molar-refractivity contribution in [1.82, 2.24) is 4.57 Å². The normalized spacial score (nSPS) is 11.3. The molecule has 0 fully saturated rings. The second-order valence-electron chi connectivity index (χ2n) is 7.74. The second kappa shape index (κ2) is 9.81. The van der Waals surface area contributed by atoms with Gasteiger partial charge in [0, 0.05) is 34.7 Å². The maximum Gasteiger partial charge on any atom is 0.244 e. The first kappa shape index (κ1) is 24.3. The number of halogens is 1. The van der Waals surface area contributed by atoms with Crippen molar-refractivity contribution in [2.24, 2.45) is 0 Å². The number of hydrogen-bond acceptors (Lipinski definition) is 5. The lowest BCUT2D eigenvalue weighted by molar-refractivity contribution is -0.116. The largest absolute Gasteiger partial charge is 0.495 e. The Bertz CT molecular complexity index is 1530. The molecule has 1 aromatic heterocycles. The number of nitrogens with zero attached hydrogens (tertiary/aromatic N) is 1. The number of para-hydroxylation sites is 1. The van der Waals surface area contributed by atoms with Gasteiger partial charge in [-0.15, -0.1) is 0 Å². The molecule has 35 heavy (non-hydrogen) atoms. The molecular formula is C25H22ClN3O5S. The molecule has 0 saturated heterocycles. The fourth-order valence-corrected chi connectivity index (χ4v) is 5.33. The number of amides is 2. The number of benzene rings is 3. The van der Waals surface area contributed by atoms with Gasteiger partial charge in [-0.2, -0.15) is 0 Å². The van der Waals surface area contributed by atoms with E-state index in [0.717, 1.165) is 0 Å². The molecule has 0 aliphatic heterocycles. The van der Waals surface area contributed by atoms with Crippen LogP contribution in [0.3, 0.4) is 0 Å². The van der Waals surface area contributed by atoms with E-state index in [0.29, 0.717) is 33.0 Å². The van der Waals surface area contributed by atoms with Crippen LogP contribution in [0.5, 0.6) is 5.75 Å². The summed E-state index contributed by atoms with van der Waals surface area (Å²) in [5.41, 5.74) is 1.46. The molecule has 4 aromatic rings. The van der Waals surface area contributed by atoms with Crippen LogP contribution in [0, 0.1) is 0 Å². The summed E-state index contributed by atoms with van der Waals surface area (Å²) in [4.78, 5) is 24.5. The Morgan fingerprint density at radius 1 is 1.00 bits per heavy atom. The predicted octanol–water partition coefficient (Wildman–Crippen LogP) is 4.73. The Labute approximate surface area is 207 Å². The number of anilines is 2. The van der Waals surface area contributed by atoms with E-state index in [1.807, 2.05) is 0 Å². The first-order valence-electron chi connectivity index (χ1n) is 10.5. The SMILES string of the molecule is COc1ccc(NC(C)=O)cc1NC(=O)Cn1cc(S(=O)(=O)c2ccc(Cl)cc2)c2ccccc21. The third-order valence-electron chi connectivity index (χ3n) is 5.27. The van der Waals surface area contributed by atoms with Gasteiger partial charge in [-0.3, -0.25) is 9.59 Å². The third-order valence-corrected chi connectivity index (χ3v) is 7.32. The lowest BCUT2D eigenvalue weighted by atomic mass is 10.2. The maximum absolute atomic E-state index is 13.4. The minimum Gasteiger partial charge on any atom is -0.495 e. The van der Waals surface area contributed by atoms with E-state index in [4.69, 9.17) is 16.3 Å². The Morgan fingerprint density at radius 2 is 1.71 bits per heavy atom. The number of rotatable bonds is 7. The first-order valence-corrected chi connectivity index (χ1v) is 12.4. The Balaban J connectivity index is 1.66. The zero-order valence-electron chi connectivity index (χ0n) is 18.9. The van der Waals surface area contributed by atoms with Crippen LogP contribution in [0.25, 0.3) is 10.9 Å². The van der Waals surface area contributed by atoms with Gasteiger partial charge in [-0.05, 0) is 48.5 Å². The Hall–Kier alpha value is -3.82. The number of ether oxygens (including phenoxy) is 1. The number of nitrogens with one attached hydrogen (secondary N) is 2. The summed E-state index contributed by atoms with van der Waals surface area (Å²) in [6.07, 6.45) is 1.46. The Kier molecular flexibility index (Phi) is 6.81. The summed E-state index contributed by atoms with van der Waals surface area (Å²) < 4.78 is 33.6. The van der Waals surface area contributed by atoms with E-state index in [9.17, 15) is 18.0 Å². The lowest BCUT2D eigenvalue weighted by Gasteiger charge is -2.13. The summed E-state index contributed by atoms with van der Waals surface area (Å²) in [7, 11) is -2.39. The van der Waals surface area contributed by atoms with Gasteiger partial charge in [-0.1, -0.05) is 29.8 Å². The minimum atomic E-state index is -3.86. The van der Waals surface area contributed by atoms with Crippen molar-refractivity contribution in [1.29, 1.82) is 0 Å². The topological polar surface area (TPSA) is 106 Å². The summed E-state index contributed by atoms with van der Waals surface area (Å²) >= 11 is 5.91. The quantitative estimate of drug-likeness (QED) is 0.373. The van der Waals surface area contributed by atoms with Crippen LogP contribution in [-0.4, -0.2) is 31.9 Å². The van der Waals surface area contributed by atoms with E-state index >= 15 is 0 Å². The summed E-state index contributed by atoms with van der Waals surface area (Å²) in [5, 5.41) is 6.36. The van der Waals surface area contributed by atoms with Gasteiger partial charge in [0.15, 0.2) is 0 Å². The molecule has 2 amide bonds. The molecule has 2 N–H and O–H groups in total. The average molecular weight is 512 g/mol. The fourth-order valence-electron chi connectivity index (χ4n) is 3.73. The van der Waals surface area contributed by atoms with Crippen molar-refractivity contribution >= 4 is 55.5 Å². The molecular weight excluding hydrogens is 490 g/mol. The van der Waals surface area contributed by atoms with Crippen molar-refractivity contribution in [2.45, 2.75) is 23.3 Å². The molecule has 180 valence electrons. The van der Waals surface area contributed by atoms with Gasteiger partial charge in [0.2, 0.25) is 21.7 Å². The van der Waals surface area contributed by atoms with Crippen molar-refractivity contribution in [3.63, 3.8) is 0 Å². The molecule has 3 aromatic carbocycles. The van der Waals surface area contributed by atoms with Gasteiger partial charge in [0.25, 0.3) is 0 Å². The zero-order valence-corrected chi connectivity index (χ0v) is 20.5. The van der Waals surface area contributed by atoms with E-state index in [-0.39, 0.29) is 22.2 Å². The van der Waals surface area contributed by atoms with Crippen molar-refractivity contribution in [3.05, 3.63) is 77.9 Å². The molecule has 1 heterocycles. The van der Waals surface area contributed by atoms with Crippen molar-refractivity contribution in [2.75, 3.05) is 17.7 Å². The molecule has 4 rings (SSSR count). The molecule has 0 bridgehead atoms. The van der Waals surface area contributed by atoms with Crippen LogP contribution >= 0.6 is 11.6 Å². The molecule has 0 atom stereocenters. The number of aromatic nitrogens is 1. The number of fused-ring (bicyclic) bond motifs is 1. The number of carbonyl (C=O) groups is 2. The second-order valence-corrected chi connectivity index (χ2v) is 10.1. The van der Waals surface area contributed by atoms with Crippen LogP contribution in [0.1, 0.15) is 6.92 Å². The van der Waals surface area contributed by atoms with Gasteiger partial charge >= 0.3 is 0 Å². The third kappa shape index (κ3) is 5.16. The molecule has 8 nitrogen and oxygen atoms in total. The molecule has 0 aliphatic rings. The summed E-state index contributed by atoms with van der Waals surface area (Å²) in [6.45, 7) is 1.24. The van der Waals surface area contributed by atoms with Crippen molar-refractivity contribution in [3.8, 4) is 5.75 Å². The molecule has 0 aliphatic carbocycles. The zero-order chi connectivity index (χ0) is 25.2. The highest BCUT2D eigenvalue weighted by Gasteiger charge is 2.24. The van der Waals surface area contributed by atoms with Crippen molar-refractivity contribution < 1.29 is 22.7 Å². The van der Waals surface area contributed by atoms with Gasteiger partial charge in [-0.25, -0.2) is 8.42 Å². The van der Waals surface area contributed by atoms with Gasteiger partial charge in [0.05, 0.1) is 22.6 Å². The van der Waals surface area contributed by atoms with E-state index in [2.05, 4.69) is 10.6 Å². The molecule has 0 spiro atoms. The summed E-state index contributed by atoms with van der Waals surface area (Å²) in [5.74, 6) is -0.240. The highest BCUT2D eigenvalue weighted by Crippen LogP contribution is 2.31. The van der Waals surface area contributed by atoms with Gasteiger partial charge < -0.3 is 19.9 Å². The monoisotopic (exact) mass is 511 g/mol. The molecule has 10 heteroatoms. The standard InChI is InChI=1S/C25H22ClN3O5S/c1-16(30)27-18-9-12-23(34-2)21(13-18)28-25(31)15-29-14-24(20-5-3-4-6-22(20)29)35(32,33)19-10-7-17(26)8-11-19/h3-14H,15H2,1-2H3,(H,27,30)(H,28,31). The number of carbonyl (C=O) groups excluding carboxylic acids is 2. The Morgan fingerprint density at radius 3 is 2.40 bits per heavy atom. The fraction of sp³-hybridized carbons (Fsp3) is 0.120. The smallest absolute Gasteiger partial charge is 0.244 e. The van der Waals surface area contributed by atoms with Crippen LogP contribution in [0.2, 0.25) is 5.02 Å². The number of sulfone groups is 1. The predicted molar refractivity (Wildman–Crippen MR) is 135 cm³/mol. The van der Waals surface area contributed by atoms with Crippen LogP contribution in [0.4, 0.5) is 11.4 Å². The summed E-state index contributed by atoms with van der Waals surface area (Å²) in [6, 6.07) is 17.8. The number of methoxy groups -OCH3 is 1. The highest BCUT2D eigenvalue weighted by atomic mass is 35.5. The van der Waals surface area contributed by atoms with E-state index < -0.39 is 15.7 Å². The molecule has 0 radical (unpaired) electrons. The average Bonchev–Trinajstić information content (AvgIpc) is 3.18. The lowest BCUT2D eigenvalue weighted by Crippen LogP contribution is -2.19. The number of hydrogen-bond donors (Lipinski definition) is 2.